The second-order valence-corrected chi connectivity index (χ2v) is 2.73. The molecule has 1 heterocycles. The van der Waals surface area contributed by atoms with Gasteiger partial charge < -0.3 is 15.2 Å². The van der Waals surface area contributed by atoms with Gasteiger partial charge in [-0.3, -0.25) is 4.68 Å². The fourth-order valence-corrected chi connectivity index (χ4v) is 0.937. The van der Waals surface area contributed by atoms with Crippen LogP contribution in [0.5, 0.6) is 0 Å². The molecule has 80 valence electrons. The Hall–Kier alpha value is -0.980. The van der Waals surface area contributed by atoms with Crippen molar-refractivity contribution in [3.63, 3.8) is 0 Å². The van der Waals surface area contributed by atoms with Gasteiger partial charge in [-0.25, -0.2) is 4.98 Å². The number of aromatic nitrogens is 3. The largest absolute Gasteiger partial charge is 0.382 e. The molecule has 0 saturated carbocycles. The summed E-state index contributed by atoms with van der Waals surface area (Å²) in [6, 6.07) is 0. The van der Waals surface area contributed by atoms with Gasteiger partial charge in [0.25, 0.3) is 0 Å². The minimum absolute atomic E-state index is 0.373. The van der Waals surface area contributed by atoms with E-state index in [2.05, 4.69) is 10.1 Å². The first-order valence-electron chi connectivity index (χ1n) is 4.52. The lowest BCUT2D eigenvalue weighted by atomic mass is 10.6. The highest BCUT2D eigenvalue weighted by molar-refractivity contribution is 4.78. The Labute approximate surface area is 83.0 Å². The maximum absolute atomic E-state index is 5.37. The molecule has 6 nitrogen and oxygen atoms in total. The van der Waals surface area contributed by atoms with Gasteiger partial charge in [0.1, 0.15) is 6.33 Å². The van der Waals surface area contributed by atoms with Gasteiger partial charge in [0.2, 0.25) is 0 Å². The summed E-state index contributed by atoms with van der Waals surface area (Å²) in [5, 5.41) is 4.12. The minimum atomic E-state index is 0.373. The highest BCUT2D eigenvalue weighted by atomic mass is 16.5. The molecule has 2 N–H and O–H groups in total. The van der Waals surface area contributed by atoms with Crippen molar-refractivity contribution in [1.29, 1.82) is 0 Å². The zero-order chi connectivity index (χ0) is 10.2. The topological polar surface area (TPSA) is 75.2 Å². The van der Waals surface area contributed by atoms with Gasteiger partial charge in [-0.2, -0.15) is 5.10 Å². The average molecular weight is 200 g/mol. The molecule has 1 rings (SSSR count). The van der Waals surface area contributed by atoms with Gasteiger partial charge in [0.05, 0.1) is 32.9 Å². The summed E-state index contributed by atoms with van der Waals surface area (Å²) in [4.78, 5) is 4.00. The summed E-state index contributed by atoms with van der Waals surface area (Å²) >= 11 is 0. The van der Waals surface area contributed by atoms with E-state index in [0.29, 0.717) is 38.7 Å². The molecule has 0 saturated heterocycles. The van der Waals surface area contributed by atoms with Crippen molar-refractivity contribution in [3.8, 4) is 0 Å². The standard InChI is InChI=1S/C8H16N4O2/c1-13-4-5-14-3-2-12-7-10-8(6-9)11-12/h7H,2-6,9H2,1H3. The Kier molecular flexibility index (Phi) is 5.13. The Bertz CT molecular complexity index is 251. The van der Waals surface area contributed by atoms with Crippen LogP contribution in [0.4, 0.5) is 0 Å². The summed E-state index contributed by atoms with van der Waals surface area (Å²) in [6.07, 6.45) is 1.65. The highest BCUT2D eigenvalue weighted by Crippen LogP contribution is 1.88. The molecule has 14 heavy (non-hydrogen) atoms. The predicted octanol–water partition coefficient (Wildman–Crippen LogP) is -0.600. The van der Waals surface area contributed by atoms with Crippen molar-refractivity contribution in [2.75, 3.05) is 26.9 Å². The van der Waals surface area contributed by atoms with E-state index in [1.54, 1.807) is 18.1 Å². The van der Waals surface area contributed by atoms with Gasteiger partial charge in [-0.1, -0.05) is 0 Å². The Morgan fingerprint density at radius 2 is 2.29 bits per heavy atom. The van der Waals surface area contributed by atoms with E-state index in [1.807, 2.05) is 0 Å². The van der Waals surface area contributed by atoms with Gasteiger partial charge >= 0.3 is 0 Å². The van der Waals surface area contributed by atoms with Crippen LogP contribution in [0.1, 0.15) is 5.82 Å². The number of hydrogen-bond acceptors (Lipinski definition) is 5. The summed E-state index contributed by atoms with van der Waals surface area (Å²) < 4.78 is 11.8. The smallest absolute Gasteiger partial charge is 0.164 e. The molecule has 0 aliphatic carbocycles. The van der Waals surface area contributed by atoms with Gasteiger partial charge in [-0.15, -0.1) is 0 Å². The first-order chi connectivity index (χ1) is 6.86. The highest BCUT2D eigenvalue weighted by Gasteiger charge is 1.97. The van der Waals surface area contributed by atoms with Crippen LogP contribution in [0.3, 0.4) is 0 Å². The van der Waals surface area contributed by atoms with Gasteiger partial charge in [0.15, 0.2) is 5.82 Å². The second kappa shape index (κ2) is 6.47. The predicted molar refractivity (Wildman–Crippen MR) is 50.6 cm³/mol. The van der Waals surface area contributed by atoms with Crippen LogP contribution < -0.4 is 5.73 Å². The molecule has 0 aliphatic heterocycles. The fraction of sp³-hybridized carbons (Fsp3) is 0.750. The van der Waals surface area contributed by atoms with E-state index in [0.717, 1.165) is 0 Å². The molecule has 6 heteroatoms. The van der Waals surface area contributed by atoms with Gasteiger partial charge in [-0.05, 0) is 0 Å². The molecule has 0 unspecified atom stereocenters. The average Bonchev–Trinajstić information content (AvgIpc) is 2.65. The molecule has 0 fully saturated rings. The molecule has 0 aromatic carbocycles. The lowest BCUT2D eigenvalue weighted by Gasteiger charge is -2.02. The minimum Gasteiger partial charge on any atom is -0.382 e. The van der Waals surface area contributed by atoms with Crippen molar-refractivity contribution in [1.82, 2.24) is 14.8 Å². The number of nitrogens with two attached hydrogens (primary N) is 1. The number of ether oxygens (including phenoxy) is 2. The van der Waals surface area contributed by atoms with Gasteiger partial charge in [0, 0.05) is 7.11 Å². The molecule has 0 spiro atoms. The third-order valence-corrected chi connectivity index (χ3v) is 1.66. The second-order valence-electron chi connectivity index (χ2n) is 2.73. The third kappa shape index (κ3) is 3.82. The lowest BCUT2D eigenvalue weighted by molar-refractivity contribution is 0.0653. The molecule has 1 aromatic rings. The fourth-order valence-electron chi connectivity index (χ4n) is 0.937. The van der Waals surface area contributed by atoms with E-state index in [-0.39, 0.29) is 0 Å². The first-order valence-corrected chi connectivity index (χ1v) is 4.52. The van der Waals surface area contributed by atoms with Crippen LogP contribution in [0.2, 0.25) is 0 Å². The third-order valence-electron chi connectivity index (χ3n) is 1.66. The van der Waals surface area contributed by atoms with Crippen LogP contribution >= 0.6 is 0 Å². The van der Waals surface area contributed by atoms with Crippen molar-refractivity contribution >= 4 is 0 Å². The molecule has 0 atom stereocenters. The first kappa shape index (κ1) is 11.1. The van der Waals surface area contributed by atoms with Crippen molar-refractivity contribution < 1.29 is 9.47 Å². The molecule has 1 aromatic heterocycles. The molecule has 0 aliphatic rings. The van der Waals surface area contributed by atoms with E-state index in [9.17, 15) is 0 Å². The van der Waals surface area contributed by atoms with Crippen LogP contribution in [0, 0.1) is 0 Å². The maximum atomic E-state index is 5.37. The van der Waals surface area contributed by atoms with Crippen LogP contribution in [0.15, 0.2) is 6.33 Å². The number of rotatable bonds is 7. The zero-order valence-electron chi connectivity index (χ0n) is 8.35. The van der Waals surface area contributed by atoms with E-state index in [4.69, 9.17) is 15.2 Å². The SMILES string of the molecule is COCCOCCn1cnc(CN)n1. The van der Waals surface area contributed by atoms with Crippen molar-refractivity contribution in [2.24, 2.45) is 5.73 Å². The summed E-state index contributed by atoms with van der Waals surface area (Å²) in [7, 11) is 1.65. The molecular weight excluding hydrogens is 184 g/mol. The van der Waals surface area contributed by atoms with Crippen molar-refractivity contribution in [3.05, 3.63) is 12.2 Å². The summed E-state index contributed by atoms with van der Waals surface area (Å²) in [5.74, 6) is 0.655. The molecule has 0 amide bonds. The van der Waals surface area contributed by atoms with E-state index >= 15 is 0 Å². The quantitative estimate of drug-likeness (QED) is 0.595. The van der Waals surface area contributed by atoms with E-state index in [1.165, 1.54) is 0 Å². The number of hydrogen-bond donors (Lipinski definition) is 1. The van der Waals surface area contributed by atoms with Crippen LogP contribution in [0.25, 0.3) is 0 Å². The van der Waals surface area contributed by atoms with Crippen LogP contribution in [-0.2, 0) is 22.6 Å². The summed E-state index contributed by atoms with van der Waals surface area (Å²) in [5.41, 5.74) is 5.37. The number of nitrogens with zero attached hydrogens (tertiary/aromatic N) is 3. The summed E-state index contributed by atoms with van der Waals surface area (Å²) in [6.45, 7) is 2.89. The Balaban J connectivity index is 2.12. The van der Waals surface area contributed by atoms with Crippen LogP contribution in [-0.4, -0.2) is 41.7 Å². The number of methoxy groups -OCH3 is 1. The zero-order valence-corrected chi connectivity index (χ0v) is 8.35. The van der Waals surface area contributed by atoms with E-state index < -0.39 is 0 Å². The Morgan fingerprint density at radius 1 is 1.43 bits per heavy atom. The molecular formula is C8H16N4O2. The molecule has 0 radical (unpaired) electrons. The Morgan fingerprint density at radius 3 is 2.93 bits per heavy atom. The normalized spacial score (nSPS) is 10.7. The van der Waals surface area contributed by atoms with Crippen molar-refractivity contribution in [2.45, 2.75) is 13.1 Å². The molecule has 0 bridgehead atoms. The maximum Gasteiger partial charge on any atom is 0.164 e. The monoisotopic (exact) mass is 200 g/mol. The lowest BCUT2D eigenvalue weighted by Crippen LogP contribution is -2.10.